The number of hydrogen-bond donors (Lipinski definition) is 1. The molecule has 0 saturated heterocycles. The van der Waals surface area contributed by atoms with Crippen molar-refractivity contribution in [2.75, 3.05) is 23.3 Å². The number of nitrogens with one attached hydrogen (secondary N) is 1. The number of ether oxygens (including phenoxy) is 1. The lowest BCUT2D eigenvalue weighted by molar-refractivity contribution is -0.384. The molecule has 0 spiro atoms. The molecule has 0 aliphatic rings. The summed E-state index contributed by atoms with van der Waals surface area (Å²) in [5, 5.41) is 12.7. The standard InChI is InChI=1S/C22H17ClF3N3O6S/c1-35-20-10-8-15(29(31)32)12-19(20)27-21(30)13-28(36(33,34)16-5-3-2-4-6-16)14-7-9-18(23)17(11-14)22(24,25)26/h2-12H,13H2,1H3,(H,27,30). The Balaban J connectivity index is 2.06. The SMILES string of the molecule is COc1ccc([N+](=O)[O-])cc1NC(=O)CN(c1ccc(Cl)c(C(F)(F)F)c1)S(=O)(=O)c1ccccc1. The van der Waals surface area contributed by atoms with Gasteiger partial charge in [0, 0.05) is 12.1 Å². The minimum Gasteiger partial charge on any atom is -0.495 e. The van der Waals surface area contributed by atoms with E-state index in [1.165, 1.54) is 43.5 Å². The van der Waals surface area contributed by atoms with Crippen molar-refractivity contribution in [1.29, 1.82) is 0 Å². The second-order valence-electron chi connectivity index (χ2n) is 7.18. The van der Waals surface area contributed by atoms with Crippen molar-refractivity contribution in [3.63, 3.8) is 0 Å². The number of alkyl halides is 3. The molecular formula is C22H17ClF3N3O6S. The Kier molecular flexibility index (Phi) is 7.74. The van der Waals surface area contributed by atoms with Gasteiger partial charge in [0.2, 0.25) is 5.91 Å². The van der Waals surface area contributed by atoms with Gasteiger partial charge in [-0.3, -0.25) is 19.2 Å². The number of nitro benzene ring substituents is 1. The van der Waals surface area contributed by atoms with Crippen LogP contribution in [0.2, 0.25) is 5.02 Å². The smallest absolute Gasteiger partial charge is 0.417 e. The highest BCUT2D eigenvalue weighted by atomic mass is 35.5. The molecule has 1 N–H and O–H groups in total. The quantitative estimate of drug-likeness (QED) is 0.311. The number of methoxy groups -OCH3 is 1. The van der Waals surface area contributed by atoms with Crippen molar-refractivity contribution in [3.05, 3.63) is 87.4 Å². The van der Waals surface area contributed by atoms with Crippen molar-refractivity contribution in [2.24, 2.45) is 0 Å². The fourth-order valence-corrected chi connectivity index (χ4v) is 4.81. The zero-order valence-electron chi connectivity index (χ0n) is 18.3. The summed E-state index contributed by atoms with van der Waals surface area (Å²) in [7, 11) is -3.29. The Morgan fingerprint density at radius 3 is 2.36 bits per heavy atom. The average molecular weight is 544 g/mol. The van der Waals surface area contributed by atoms with Crippen LogP contribution in [-0.4, -0.2) is 32.9 Å². The van der Waals surface area contributed by atoms with Crippen LogP contribution in [0.5, 0.6) is 5.75 Å². The third-order valence-corrected chi connectivity index (χ3v) is 6.95. The lowest BCUT2D eigenvalue weighted by atomic mass is 10.2. The van der Waals surface area contributed by atoms with Crippen molar-refractivity contribution < 1.29 is 36.0 Å². The number of hydrogen-bond acceptors (Lipinski definition) is 6. The summed E-state index contributed by atoms with van der Waals surface area (Å²) in [6, 6.07) is 12.5. The molecule has 0 unspecified atom stereocenters. The molecule has 0 radical (unpaired) electrons. The summed E-state index contributed by atoms with van der Waals surface area (Å²) in [6.45, 7) is -0.970. The van der Waals surface area contributed by atoms with Gasteiger partial charge in [-0.05, 0) is 36.4 Å². The van der Waals surface area contributed by atoms with Crippen molar-refractivity contribution in [3.8, 4) is 5.75 Å². The normalized spacial score (nSPS) is 11.6. The van der Waals surface area contributed by atoms with Gasteiger partial charge in [-0.2, -0.15) is 13.2 Å². The van der Waals surface area contributed by atoms with Crippen LogP contribution >= 0.6 is 11.6 Å². The lowest BCUT2D eigenvalue weighted by Gasteiger charge is -2.25. The number of amides is 1. The van der Waals surface area contributed by atoms with Gasteiger partial charge in [0.15, 0.2) is 0 Å². The molecule has 0 aliphatic heterocycles. The molecule has 3 rings (SSSR count). The van der Waals surface area contributed by atoms with Crippen LogP contribution in [0.1, 0.15) is 5.56 Å². The van der Waals surface area contributed by atoms with Crippen LogP contribution in [0, 0.1) is 10.1 Å². The van der Waals surface area contributed by atoms with Gasteiger partial charge in [-0.25, -0.2) is 8.42 Å². The molecule has 3 aromatic carbocycles. The van der Waals surface area contributed by atoms with E-state index in [0.29, 0.717) is 10.4 Å². The molecule has 0 bridgehead atoms. The van der Waals surface area contributed by atoms with E-state index in [0.717, 1.165) is 24.3 Å². The summed E-state index contributed by atoms with van der Waals surface area (Å²) in [6.07, 6.45) is -4.89. The molecule has 0 atom stereocenters. The number of nitro groups is 1. The van der Waals surface area contributed by atoms with Gasteiger partial charge in [-0.1, -0.05) is 29.8 Å². The van der Waals surface area contributed by atoms with Crippen LogP contribution in [0.4, 0.5) is 30.2 Å². The number of rotatable bonds is 8. The first-order chi connectivity index (χ1) is 16.8. The number of sulfonamides is 1. The summed E-state index contributed by atoms with van der Waals surface area (Å²) in [4.78, 5) is 23.0. The van der Waals surface area contributed by atoms with E-state index in [-0.39, 0.29) is 22.0 Å². The Hall–Kier alpha value is -3.84. The molecule has 0 heterocycles. The predicted molar refractivity (Wildman–Crippen MR) is 126 cm³/mol. The maximum atomic E-state index is 13.4. The summed E-state index contributed by atoms with van der Waals surface area (Å²) in [5.74, 6) is -0.964. The number of nitrogens with zero attached hydrogens (tertiary/aromatic N) is 2. The van der Waals surface area contributed by atoms with Crippen molar-refractivity contribution in [1.82, 2.24) is 0 Å². The number of benzene rings is 3. The van der Waals surface area contributed by atoms with Crippen LogP contribution in [-0.2, 0) is 21.0 Å². The van der Waals surface area contributed by atoms with Gasteiger partial charge in [-0.15, -0.1) is 0 Å². The van der Waals surface area contributed by atoms with E-state index >= 15 is 0 Å². The number of carbonyl (C=O) groups excluding carboxylic acids is 1. The first-order valence-electron chi connectivity index (χ1n) is 9.91. The van der Waals surface area contributed by atoms with E-state index in [4.69, 9.17) is 16.3 Å². The second kappa shape index (κ2) is 10.4. The summed E-state index contributed by atoms with van der Waals surface area (Å²) in [5.41, 5.74) is -2.29. The van der Waals surface area contributed by atoms with Crippen LogP contribution in [0.25, 0.3) is 0 Å². The lowest BCUT2D eigenvalue weighted by Crippen LogP contribution is -2.38. The van der Waals surface area contributed by atoms with E-state index in [2.05, 4.69) is 5.32 Å². The summed E-state index contributed by atoms with van der Waals surface area (Å²) < 4.78 is 72.6. The molecule has 36 heavy (non-hydrogen) atoms. The first kappa shape index (κ1) is 26.8. The number of carbonyl (C=O) groups is 1. The molecule has 0 aromatic heterocycles. The molecule has 190 valence electrons. The minimum atomic E-state index is -4.89. The molecule has 1 amide bonds. The number of non-ortho nitro benzene ring substituents is 1. The average Bonchev–Trinajstić information content (AvgIpc) is 2.82. The maximum Gasteiger partial charge on any atom is 0.417 e. The zero-order valence-corrected chi connectivity index (χ0v) is 19.9. The zero-order chi connectivity index (χ0) is 26.7. The molecule has 9 nitrogen and oxygen atoms in total. The number of anilines is 2. The van der Waals surface area contributed by atoms with Crippen LogP contribution < -0.4 is 14.4 Å². The van der Waals surface area contributed by atoms with E-state index < -0.39 is 49.8 Å². The minimum absolute atomic E-state index is 0.0391. The van der Waals surface area contributed by atoms with Gasteiger partial charge in [0.05, 0.1) is 38.9 Å². The second-order valence-corrected chi connectivity index (χ2v) is 9.45. The Morgan fingerprint density at radius 2 is 1.78 bits per heavy atom. The largest absolute Gasteiger partial charge is 0.495 e. The molecule has 3 aromatic rings. The molecule has 14 heteroatoms. The van der Waals surface area contributed by atoms with E-state index in [9.17, 15) is 36.5 Å². The molecule has 0 saturated carbocycles. The van der Waals surface area contributed by atoms with Gasteiger partial charge in [0.1, 0.15) is 12.3 Å². The van der Waals surface area contributed by atoms with Gasteiger partial charge >= 0.3 is 6.18 Å². The van der Waals surface area contributed by atoms with Crippen molar-refractivity contribution >= 4 is 44.6 Å². The van der Waals surface area contributed by atoms with Crippen molar-refractivity contribution in [2.45, 2.75) is 11.1 Å². The highest BCUT2D eigenvalue weighted by Gasteiger charge is 2.35. The highest BCUT2D eigenvalue weighted by Crippen LogP contribution is 2.38. The molecular weight excluding hydrogens is 527 g/mol. The third kappa shape index (κ3) is 5.86. The molecule has 0 aliphatic carbocycles. The van der Waals surface area contributed by atoms with Crippen LogP contribution in [0.15, 0.2) is 71.6 Å². The Morgan fingerprint density at radius 1 is 1.11 bits per heavy atom. The maximum absolute atomic E-state index is 13.4. The van der Waals surface area contributed by atoms with Crippen LogP contribution in [0.3, 0.4) is 0 Å². The Bertz CT molecular complexity index is 1400. The molecule has 0 fully saturated rings. The van der Waals surface area contributed by atoms with Gasteiger partial charge < -0.3 is 10.1 Å². The fourth-order valence-electron chi connectivity index (χ4n) is 3.15. The summed E-state index contributed by atoms with van der Waals surface area (Å²) >= 11 is 5.67. The van der Waals surface area contributed by atoms with E-state index in [1.54, 1.807) is 0 Å². The fraction of sp³-hybridized carbons (Fsp3) is 0.136. The third-order valence-electron chi connectivity index (χ3n) is 4.83. The number of halogens is 4. The Labute approximate surface area is 208 Å². The topological polar surface area (TPSA) is 119 Å². The monoisotopic (exact) mass is 543 g/mol. The highest BCUT2D eigenvalue weighted by molar-refractivity contribution is 7.92. The van der Waals surface area contributed by atoms with Gasteiger partial charge in [0.25, 0.3) is 15.7 Å². The predicted octanol–water partition coefficient (Wildman–Crippen LogP) is 5.11. The van der Waals surface area contributed by atoms with E-state index in [1.807, 2.05) is 0 Å². The first-order valence-corrected chi connectivity index (χ1v) is 11.7.